The van der Waals surface area contributed by atoms with Gasteiger partial charge in [0.15, 0.2) is 0 Å². The molecule has 0 aliphatic heterocycles. The Morgan fingerprint density at radius 2 is 1.80 bits per heavy atom. The first kappa shape index (κ1) is 14.2. The topological polar surface area (TPSA) is 26.3 Å². The third-order valence-electron chi connectivity index (χ3n) is 3.64. The molecule has 1 atom stereocenters. The lowest BCUT2D eigenvalue weighted by Gasteiger charge is -2.42. The minimum Gasteiger partial charge on any atom is -0.459 e. The predicted octanol–water partition coefficient (Wildman–Crippen LogP) is 3.71. The summed E-state index contributed by atoms with van der Waals surface area (Å²) in [6, 6.07) is 0. The quantitative estimate of drug-likeness (QED) is 0.495. The number of carbonyl (C=O) groups excluding carboxylic acids is 1. The van der Waals surface area contributed by atoms with Crippen molar-refractivity contribution < 1.29 is 9.53 Å². The number of carbonyl (C=O) groups is 1. The SMILES string of the molecule is C=CCC(=O)OC(C)(CC)C(C)(C)CC. The van der Waals surface area contributed by atoms with Crippen LogP contribution in [0.3, 0.4) is 0 Å². The summed E-state index contributed by atoms with van der Waals surface area (Å²) in [4.78, 5) is 11.5. The molecule has 0 aliphatic rings. The molecule has 0 radical (unpaired) electrons. The molecule has 0 saturated heterocycles. The summed E-state index contributed by atoms with van der Waals surface area (Å²) in [5, 5.41) is 0. The minimum atomic E-state index is -0.387. The van der Waals surface area contributed by atoms with Crippen molar-refractivity contribution in [3.8, 4) is 0 Å². The molecular formula is C13H24O2. The molecule has 0 amide bonds. The van der Waals surface area contributed by atoms with Gasteiger partial charge in [0.05, 0.1) is 6.42 Å². The summed E-state index contributed by atoms with van der Waals surface area (Å²) >= 11 is 0. The molecule has 0 fully saturated rings. The van der Waals surface area contributed by atoms with Crippen LogP contribution in [0.4, 0.5) is 0 Å². The number of ether oxygens (including phenoxy) is 1. The summed E-state index contributed by atoms with van der Waals surface area (Å²) < 4.78 is 5.57. The standard InChI is InChI=1S/C13H24O2/c1-7-10-11(14)15-13(6,9-3)12(4,5)8-2/h7H,1,8-10H2,2-6H3. The van der Waals surface area contributed by atoms with Crippen LogP contribution in [0.2, 0.25) is 0 Å². The van der Waals surface area contributed by atoms with Gasteiger partial charge in [-0.3, -0.25) is 4.79 Å². The zero-order valence-electron chi connectivity index (χ0n) is 10.7. The van der Waals surface area contributed by atoms with E-state index in [2.05, 4.69) is 34.3 Å². The maximum absolute atomic E-state index is 11.5. The first-order chi connectivity index (χ1) is 6.83. The molecule has 0 aromatic heterocycles. The van der Waals surface area contributed by atoms with E-state index in [4.69, 9.17) is 4.74 Å². The Labute approximate surface area is 93.7 Å². The maximum atomic E-state index is 11.5. The van der Waals surface area contributed by atoms with Gasteiger partial charge < -0.3 is 4.74 Å². The molecule has 1 unspecified atom stereocenters. The van der Waals surface area contributed by atoms with Gasteiger partial charge in [0.2, 0.25) is 0 Å². The van der Waals surface area contributed by atoms with Crippen molar-refractivity contribution in [2.24, 2.45) is 5.41 Å². The summed E-state index contributed by atoms with van der Waals surface area (Å²) in [5.74, 6) is -0.184. The Kier molecular flexibility index (Phi) is 5.06. The molecule has 0 saturated carbocycles. The zero-order chi connectivity index (χ0) is 12.1. The second-order valence-corrected chi connectivity index (χ2v) is 4.79. The lowest BCUT2D eigenvalue weighted by Crippen LogP contribution is -2.45. The molecular weight excluding hydrogens is 188 g/mol. The van der Waals surface area contributed by atoms with Crippen LogP contribution >= 0.6 is 0 Å². The smallest absolute Gasteiger partial charge is 0.310 e. The van der Waals surface area contributed by atoms with Crippen molar-refractivity contribution in [3.63, 3.8) is 0 Å². The molecule has 0 aromatic rings. The third kappa shape index (κ3) is 3.37. The van der Waals surface area contributed by atoms with Gasteiger partial charge in [-0.05, 0) is 19.8 Å². The number of hydrogen-bond acceptors (Lipinski definition) is 2. The highest BCUT2D eigenvalue weighted by Gasteiger charge is 2.41. The molecule has 0 aliphatic carbocycles. The molecule has 0 rings (SSSR count). The highest BCUT2D eigenvalue weighted by molar-refractivity contribution is 5.71. The average Bonchev–Trinajstić information content (AvgIpc) is 2.17. The molecule has 2 heteroatoms. The lowest BCUT2D eigenvalue weighted by atomic mass is 9.72. The van der Waals surface area contributed by atoms with Gasteiger partial charge in [-0.2, -0.15) is 0 Å². The summed E-state index contributed by atoms with van der Waals surface area (Å²) in [6.45, 7) is 14.0. The number of rotatable bonds is 6. The van der Waals surface area contributed by atoms with Crippen LogP contribution in [0.5, 0.6) is 0 Å². The highest BCUT2D eigenvalue weighted by Crippen LogP contribution is 2.39. The van der Waals surface area contributed by atoms with Crippen molar-refractivity contribution in [1.82, 2.24) is 0 Å². The average molecular weight is 212 g/mol. The molecule has 0 aromatic carbocycles. The van der Waals surface area contributed by atoms with Crippen LogP contribution in [0.1, 0.15) is 53.9 Å². The van der Waals surface area contributed by atoms with Crippen molar-refractivity contribution >= 4 is 5.97 Å². The number of esters is 1. The molecule has 0 bridgehead atoms. The predicted molar refractivity (Wildman–Crippen MR) is 63.7 cm³/mol. The van der Waals surface area contributed by atoms with Crippen LogP contribution in [0.25, 0.3) is 0 Å². The van der Waals surface area contributed by atoms with Gasteiger partial charge in [-0.15, -0.1) is 6.58 Å². The Morgan fingerprint density at radius 1 is 1.27 bits per heavy atom. The van der Waals surface area contributed by atoms with Gasteiger partial charge in [-0.1, -0.05) is 33.8 Å². The molecule has 0 heterocycles. The molecule has 2 nitrogen and oxygen atoms in total. The van der Waals surface area contributed by atoms with E-state index in [0.717, 1.165) is 12.8 Å². The van der Waals surface area contributed by atoms with Gasteiger partial charge >= 0.3 is 5.97 Å². The third-order valence-corrected chi connectivity index (χ3v) is 3.64. The largest absolute Gasteiger partial charge is 0.459 e. The first-order valence-corrected chi connectivity index (χ1v) is 5.65. The summed E-state index contributed by atoms with van der Waals surface area (Å²) in [6.07, 6.45) is 3.68. The van der Waals surface area contributed by atoms with Crippen molar-refractivity contribution in [2.45, 2.75) is 59.5 Å². The van der Waals surface area contributed by atoms with Crippen molar-refractivity contribution in [3.05, 3.63) is 12.7 Å². The monoisotopic (exact) mass is 212 g/mol. The lowest BCUT2D eigenvalue weighted by molar-refractivity contribution is -0.171. The van der Waals surface area contributed by atoms with Gasteiger partial charge in [0.25, 0.3) is 0 Å². The van der Waals surface area contributed by atoms with E-state index in [1.807, 2.05) is 6.92 Å². The Bertz CT molecular complexity index is 231. The Balaban J connectivity index is 4.71. The Morgan fingerprint density at radius 3 is 2.13 bits per heavy atom. The Hall–Kier alpha value is -0.790. The molecule has 0 spiro atoms. The summed E-state index contributed by atoms with van der Waals surface area (Å²) in [5.41, 5.74) is -0.388. The summed E-state index contributed by atoms with van der Waals surface area (Å²) in [7, 11) is 0. The van der Waals surface area contributed by atoms with E-state index in [-0.39, 0.29) is 23.4 Å². The van der Waals surface area contributed by atoms with Crippen LogP contribution in [-0.4, -0.2) is 11.6 Å². The fourth-order valence-electron chi connectivity index (χ4n) is 1.47. The normalized spacial score (nSPS) is 15.5. The molecule has 15 heavy (non-hydrogen) atoms. The second-order valence-electron chi connectivity index (χ2n) is 4.79. The van der Waals surface area contributed by atoms with E-state index in [9.17, 15) is 4.79 Å². The fourth-order valence-corrected chi connectivity index (χ4v) is 1.47. The second kappa shape index (κ2) is 5.34. The maximum Gasteiger partial charge on any atom is 0.310 e. The van der Waals surface area contributed by atoms with Crippen LogP contribution in [0, 0.1) is 5.41 Å². The van der Waals surface area contributed by atoms with E-state index in [1.165, 1.54) is 0 Å². The van der Waals surface area contributed by atoms with Crippen LogP contribution < -0.4 is 0 Å². The minimum absolute atomic E-state index is 0.00141. The van der Waals surface area contributed by atoms with Crippen molar-refractivity contribution in [2.75, 3.05) is 0 Å². The molecule has 0 N–H and O–H groups in total. The number of hydrogen-bond donors (Lipinski definition) is 0. The van der Waals surface area contributed by atoms with E-state index in [0.29, 0.717) is 0 Å². The van der Waals surface area contributed by atoms with Crippen LogP contribution in [-0.2, 0) is 9.53 Å². The first-order valence-electron chi connectivity index (χ1n) is 5.65. The highest BCUT2D eigenvalue weighted by atomic mass is 16.6. The van der Waals surface area contributed by atoms with E-state index in [1.54, 1.807) is 6.08 Å². The van der Waals surface area contributed by atoms with E-state index < -0.39 is 0 Å². The fraction of sp³-hybridized carbons (Fsp3) is 0.769. The van der Waals surface area contributed by atoms with Gasteiger partial charge in [-0.25, -0.2) is 0 Å². The molecule has 88 valence electrons. The van der Waals surface area contributed by atoms with Gasteiger partial charge in [0.1, 0.15) is 5.60 Å². The van der Waals surface area contributed by atoms with Crippen LogP contribution in [0.15, 0.2) is 12.7 Å². The zero-order valence-corrected chi connectivity index (χ0v) is 10.7. The van der Waals surface area contributed by atoms with Gasteiger partial charge in [0, 0.05) is 5.41 Å². The van der Waals surface area contributed by atoms with Crippen molar-refractivity contribution in [1.29, 1.82) is 0 Å². The van der Waals surface area contributed by atoms with E-state index >= 15 is 0 Å².